The monoisotopic (exact) mass is 318 g/mol. The number of rotatable bonds is 4. The zero-order valence-corrected chi connectivity index (χ0v) is 13.2. The van der Waals surface area contributed by atoms with Crippen molar-refractivity contribution in [3.63, 3.8) is 0 Å². The second-order valence-corrected chi connectivity index (χ2v) is 6.65. The van der Waals surface area contributed by atoms with E-state index in [1.54, 1.807) is 12.1 Å². The molecular formula is C18H23FN2O2. The lowest BCUT2D eigenvalue weighted by atomic mass is 10.1. The highest BCUT2D eigenvalue weighted by atomic mass is 19.1. The predicted octanol–water partition coefficient (Wildman–Crippen LogP) is 3.24. The molecular weight excluding hydrogens is 295 g/mol. The quantitative estimate of drug-likeness (QED) is 0.837. The van der Waals surface area contributed by atoms with E-state index in [1.165, 1.54) is 37.8 Å². The van der Waals surface area contributed by atoms with Crippen molar-refractivity contribution in [3.8, 4) is 0 Å². The van der Waals surface area contributed by atoms with Crippen molar-refractivity contribution in [3.05, 3.63) is 30.1 Å². The van der Waals surface area contributed by atoms with Crippen LogP contribution in [-0.4, -0.2) is 17.9 Å². The van der Waals surface area contributed by atoms with Gasteiger partial charge in [0, 0.05) is 11.7 Å². The molecule has 0 aromatic heterocycles. The number of amides is 2. The van der Waals surface area contributed by atoms with E-state index in [9.17, 15) is 14.0 Å². The summed E-state index contributed by atoms with van der Waals surface area (Å²) in [5.41, 5.74) is 0.435. The van der Waals surface area contributed by atoms with Gasteiger partial charge in [0.05, 0.1) is 11.8 Å². The molecule has 0 bridgehead atoms. The van der Waals surface area contributed by atoms with Crippen LogP contribution < -0.4 is 10.6 Å². The van der Waals surface area contributed by atoms with Crippen molar-refractivity contribution in [1.82, 2.24) is 5.32 Å². The van der Waals surface area contributed by atoms with Gasteiger partial charge >= 0.3 is 0 Å². The van der Waals surface area contributed by atoms with Crippen LogP contribution in [0, 0.1) is 17.7 Å². The first-order chi connectivity index (χ1) is 11.1. The van der Waals surface area contributed by atoms with Gasteiger partial charge in [-0.2, -0.15) is 0 Å². The molecule has 2 unspecified atom stereocenters. The molecule has 1 aromatic rings. The molecule has 4 nitrogen and oxygen atoms in total. The SMILES string of the molecule is O=C(Nc1cccc(F)c1)C1CC1C(=O)NC1CCCCCC1. The van der Waals surface area contributed by atoms with Crippen LogP contribution in [-0.2, 0) is 9.59 Å². The molecule has 2 aliphatic rings. The van der Waals surface area contributed by atoms with Gasteiger partial charge in [-0.1, -0.05) is 31.7 Å². The van der Waals surface area contributed by atoms with Crippen molar-refractivity contribution in [1.29, 1.82) is 0 Å². The number of carbonyl (C=O) groups excluding carboxylic acids is 2. The van der Waals surface area contributed by atoms with E-state index < -0.39 is 0 Å². The normalized spacial score (nSPS) is 24.6. The summed E-state index contributed by atoms with van der Waals surface area (Å²) in [5.74, 6) is -1.11. The molecule has 3 rings (SSSR count). The van der Waals surface area contributed by atoms with Gasteiger partial charge in [0.25, 0.3) is 0 Å². The third kappa shape index (κ3) is 4.30. The third-order valence-electron chi connectivity index (χ3n) is 4.76. The Balaban J connectivity index is 1.48. The molecule has 0 aliphatic heterocycles. The van der Waals surface area contributed by atoms with Crippen molar-refractivity contribution in [2.75, 3.05) is 5.32 Å². The number of benzene rings is 1. The lowest BCUT2D eigenvalue weighted by molar-refractivity contribution is -0.125. The minimum atomic E-state index is -0.388. The van der Waals surface area contributed by atoms with Crippen molar-refractivity contribution >= 4 is 17.5 Å². The number of halogens is 1. The van der Waals surface area contributed by atoms with Crippen LogP contribution in [0.3, 0.4) is 0 Å². The standard InChI is InChI=1S/C18H23FN2O2/c19-12-6-5-9-14(10-12)21-18(23)16-11-15(16)17(22)20-13-7-3-1-2-4-8-13/h5-6,9-10,13,15-16H,1-4,7-8,11H2,(H,20,22)(H,21,23). The molecule has 0 heterocycles. The van der Waals surface area contributed by atoms with E-state index in [0.717, 1.165) is 12.8 Å². The van der Waals surface area contributed by atoms with E-state index >= 15 is 0 Å². The van der Waals surface area contributed by atoms with Gasteiger partial charge in [-0.05, 0) is 37.5 Å². The van der Waals surface area contributed by atoms with E-state index in [1.807, 2.05) is 0 Å². The number of carbonyl (C=O) groups is 2. The van der Waals surface area contributed by atoms with Gasteiger partial charge < -0.3 is 10.6 Å². The Morgan fingerprint density at radius 3 is 2.39 bits per heavy atom. The van der Waals surface area contributed by atoms with Crippen molar-refractivity contribution in [2.45, 2.75) is 51.0 Å². The van der Waals surface area contributed by atoms with Gasteiger partial charge in [-0.3, -0.25) is 9.59 Å². The van der Waals surface area contributed by atoms with Crippen LogP contribution in [0.2, 0.25) is 0 Å². The van der Waals surface area contributed by atoms with Crippen LogP contribution in [0.4, 0.5) is 10.1 Å². The maximum Gasteiger partial charge on any atom is 0.228 e. The Bertz CT molecular complexity index is 582. The van der Waals surface area contributed by atoms with Crippen LogP contribution in [0.5, 0.6) is 0 Å². The molecule has 2 N–H and O–H groups in total. The molecule has 0 spiro atoms. The maximum absolute atomic E-state index is 13.1. The van der Waals surface area contributed by atoms with Gasteiger partial charge in [0.2, 0.25) is 11.8 Å². The molecule has 2 saturated carbocycles. The highest BCUT2D eigenvalue weighted by molar-refractivity contribution is 5.99. The van der Waals surface area contributed by atoms with E-state index in [2.05, 4.69) is 10.6 Å². The molecule has 2 atom stereocenters. The first kappa shape index (κ1) is 16.0. The topological polar surface area (TPSA) is 58.2 Å². The van der Waals surface area contributed by atoms with Crippen LogP contribution in [0.15, 0.2) is 24.3 Å². The van der Waals surface area contributed by atoms with Gasteiger partial charge in [-0.25, -0.2) is 4.39 Å². The summed E-state index contributed by atoms with van der Waals surface area (Å²) in [6.45, 7) is 0. The van der Waals surface area contributed by atoms with Crippen LogP contribution >= 0.6 is 0 Å². The predicted molar refractivity (Wildman–Crippen MR) is 86.3 cm³/mol. The number of anilines is 1. The third-order valence-corrected chi connectivity index (χ3v) is 4.76. The Morgan fingerprint density at radius 1 is 1.00 bits per heavy atom. The molecule has 1 aromatic carbocycles. The van der Waals surface area contributed by atoms with E-state index in [0.29, 0.717) is 12.1 Å². The summed E-state index contributed by atoms with van der Waals surface area (Å²) < 4.78 is 13.1. The summed E-state index contributed by atoms with van der Waals surface area (Å²) in [6, 6.07) is 6.06. The summed E-state index contributed by atoms with van der Waals surface area (Å²) in [6.07, 6.45) is 7.48. The van der Waals surface area contributed by atoms with Crippen LogP contribution in [0.25, 0.3) is 0 Å². The fraction of sp³-hybridized carbons (Fsp3) is 0.556. The Labute approximate surface area is 135 Å². The lowest BCUT2D eigenvalue weighted by Crippen LogP contribution is -2.36. The second-order valence-electron chi connectivity index (χ2n) is 6.65. The molecule has 5 heteroatoms. The minimum Gasteiger partial charge on any atom is -0.353 e. The lowest BCUT2D eigenvalue weighted by Gasteiger charge is -2.16. The number of hydrogen-bond acceptors (Lipinski definition) is 2. The average Bonchev–Trinajstić information content (AvgIpc) is 3.32. The van der Waals surface area contributed by atoms with Gasteiger partial charge in [-0.15, -0.1) is 0 Å². The molecule has 0 radical (unpaired) electrons. The molecule has 2 fully saturated rings. The molecule has 0 saturated heterocycles. The summed E-state index contributed by atoms with van der Waals surface area (Å²) >= 11 is 0. The molecule has 124 valence electrons. The van der Waals surface area contributed by atoms with E-state index in [-0.39, 0.29) is 35.5 Å². The number of nitrogens with one attached hydrogen (secondary N) is 2. The minimum absolute atomic E-state index is 0.00343. The first-order valence-corrected chi connectivity index (χ1v) is 8.50. The largest absolute Gasteiger partial charge is 0.353 e. The highest BCUT2D eigenvalue weighted by Crippen LogP contribution is 2.39. The Morgan fingerprint density at radius 2 is 1.70 bits per heavy atom. The zero-order chi connectivity index (χ0) is 16.2. The first-order valence-electron chi connectivity index (χ1n) is 8.50. The smallest absolute Gasteiger partial charge is 0.228 e. The molecule has 2 amide bonds. The van der Waals surface area contributed by atoms with Gasteiger partial charge in [0.1, 0.15) is 5.82 Å². The van der Waals surface area contributed by atoms with Crippen molar-refractivity contribution < 1.29 is 14.0 Å². The fourth-order valence-corrected chi connectivity index (χ4v) is 3.31. The number of hydrogen-bond donors (Lipinski definition) is 2. The highest BCUT2D eigenvalue weighted by Gasteiger charge is 2.48. The Kier molecular flexibility index (Phi) is 4.94. The maximum atomic E-state index is 13.1. The van der Waals surface area contributed by atoms with Crippen molar-refractivity contribution in [2.24, 2.45) is 11.8 Å². The second kappa shape index (κ2) is 7.11. The molecule has 2 aliphatic carbocycles. The van der Waals surface area contributed by atoms with Gasteiger partial charge in [0.15, 0.2) is 0 Å². The Hall–Kier alpha value is -1.91. The summed E-state index contributed by atoms with van der Waals surface area (Å²) in [7, 11) is 0. The molecule has 23 heavy (non-hydrogen) atoms. The average molecular weight is 318 g/mol. The van der Waals surface area contributed by atoms with E-state index in [4.69, 9.17) is 0 Å². The summed E-state index contributed by atoms with van der Waals surface area (Å²) in [4.78, 5) is 24.4. The summed E-state index contributed by atoms with van der Waals surface area (Å²) in [5, 5.41) is 5.78. The zero-order valence-electron chi connectivity index (χ0n) is 13.2. The van der Waals surface area contributed by atoms with Crippen LogP contribution in [0.1, 0.15) is 44.9 Å². The fourth-order valence-electron chi connectivity index (χ4n) is 3.31.